The number of hydrogen-bond acceptors (Lipinski definition) is 5. The molecule has 0 spiro atoms. The van der Waals surface area contributed by atoms with Crippen LogP contribution in [-0.2, 0) is 19.2 Å². The van der Waals surface area contributed by atoms with Crippen LogP contribution in [0.3, 0.4) is 0 Å². The van der Waals surface area contributed by atoms with Gasteiger partial charge in [0.15, 0.2) is 0 Å². The van der Waals surface area contributed by atoms with Gasteiger partial charge >= 0.3 is 0 Å². The van der Waals surface area contributed by atoms with Crippen molar-refractivity contribution >= 4 is 23.4 Å². The molecular weight excluding hydrogens is 430 g/mol. The van der Waals surface area contributed by atoms with Gasteiger partial charge < -0.3 is 16.0 Å². The standard InChI is InChI=1S/C27H51N3O4/c1-6-7-8-14-22(3)26(33)29-18-12-10-15-24(27(34)30-19-16-23(4)31)20-25(32)21(2)13-9-11-17-28-5/h21-22,24,28H,6-20H2,1-5H3,(H,29,33)(H,30,34)/t21-,22-,24+/m0/s1. The molecule has 0 aliphatic heterocycles. The van der Waals surface area contributed by atoms with Crippen molar-refractivity contribution in [1.82, 2.24) is 16.0 Å². The molecule has 3 atom stereocenters. The highest BCUT2D eigenvalue weighted by Crippen LogP contribution is 2.19. The SMILES string of the molecule is CCCCC[C@H](C)C(=O)NCCCC[C@H](CC(=O)[C@@H](C)CCCCNC)C(=O)NCCC(C)=O. The van der Waals surface area contributed by atoms with Gasteiger partial charge in [-0.05, 0) is 52.6 Å². The van der Waals surface area contributed by atoms with E-state index in [1.165, 1.54) is 6.92 Å². The molecule has 0 aliphatic carbocycles. The summed E-state index contributed by atoms with van der Waals surface area (Å²) in [5, 5.41) is 8.94. The molecule has 2 amide bonds. The zero-order chi connectivity index (χ0) is 25.8. The molecule has 0 saturated heterocycles. The monoisotopic (exact) mass is 481 g/mol. The lowest BCUT2D eigenvalue weighted by atomic mass is 9.88. The molecular formula is C27H51N3O4. The minimum atomic E-state index is -0.386. The quantitative estimate of drug-likeness (QED) is 0.201. The fourth-order valence-electron chi connectivity index (χ4n) is 3.92. The molecule has 0 aliphatic rings. The molecule has 0 aromatic rings. The highest BCUT2D eigenvalue weighted by molar-refractivity contribution is 5.88. The van der Waals surface area contributed by atoms with E-state index in [4.69, 9.17) is 0 Å². The van der Waals surface area contributed by atoms with E-state index in [2.05, 4.69) is 22.9 Å². The molecule has 7 heteroatoms. The number of carbonyl (C=O) groups excluding carboxylic acids is 4. The maximum Gasteiger partial charge on any atom is 0.223 e. The van der Waals surface area contributed by atoms with Crippen LogP contribution in [0.15, 0.2) is 0 Å². The van der Waals surface area contributed by atoms with Gasteiger partial charge in [-0.15, -0.1) is 0 Å². The van der Waals surface area contributed by atoms with E-state index < -0.39 is 0 Å². The summed E-state index contributed by atoms with van der Waals surface area (Å²) in [6.45, 7) is 9.41. The molecule has 0 radical (unpaired) electrons. The molecule has 3 N–H and O–H groups in total. The first-order valence-corrected chi connectivity index (χ1v) is 13.4. The van der Waals surface area contributed by atoms with Crippen LogP contribution in [0.5, 0.6) is 0 Å². The summed E-state index contributed by atoms with van der Waals surface area (Å²) < 4.78 is 0. The number of amides is 2. The van der Waals surface area contributed by atoms with E-state index in [1.807, 2.05) is 20.9 Å². The van der Waals surface area contributed by atoms with Crippen LogP contribution >= 0.6 is 0 Å². The molecule has 0 rings (SSSR count). The van der Waals surface area contributed by atoms with Crippen molar-refractivity contribution in [2.75, 3.05) is 26.7 Å². The highest BCUT2D eigenvalue weighted by Gasteiger charge is 2.24. The molecule has 0 fully saturated rings. The third-order valence-electron chi connectivity index (χ3n) is 6.43. The van der Waals surface area contributed by atoms with Crippen LogP contribution in [0.2, 0.25) is 0 Å². The largest absolute Gasteiger partial charge is 0.356 e. The van der Waals surface area contributed by atoms with Crippen LogP contribution < -0.4 is 16.0 Å². The fraction of sp³-hybridized carbons (Fsp3) is 0.852. The average molecular weight is 482 g/mol. The first-order chi connectivity index (χ1) is 16.2. The Bertz CT molecular complexity index is 594. The second-order valence-corrected chi connectivity index (χ2v) is 9.79. The Labute approximate surface area is 208 Å². The van der Waals surface area contributed by atoms with Gasteiger partial charge in [0.2, 0.25) is 11.8 Å². The predicted molar refractivity (Wildman–Crippen MR) is 139 cm³/mol. The molecule has 7 nitrogen and oxygen atoms in total. The number of hydrogen-bond donors (Lipinski definition) is 3. The first-order valence-electron chi connectivity index (χ1n) is 13.4. The van der Waals surface area contributed by atoms with Gasteiger partial charge in [0.25, 0.3) is 0 Å². The summed E-state index contributed by atoms with van der Waals surface area (Å²) in [7, 11) is 1.92. The van der Waals surface area contributed by atoms with Gasteiger partial charge in [0, 0.05) is 43.7 Å². The topological polar surface area (TPSA) is 104 Å². The summed E-state index contributed by atoms with van der Waals surface area (Å²) in [6, 6.07) is 0. The number of nitrogens with one attached hydrogen (secondary N) is 3. The van der Waals surface area contributed by atoms with Crippen LogP contribution in [0, 0.1) is 17.8 Å². The Kier molecular flexibility index (Phi) is 19.5. The Morgan fingerprint density at radius 1 is 0.706 bits per heavy atom. The average Bonchev–Trinajstić information content (AvgIpc) is 2.80. The normalized spacial score (nSPS) is 13.7. The minimum absolute atomic E-state index is 0.0265. The molecule has 0 aromatic carbocycles. The van der Waals surface area contributed by atoms with Crippen molar-refractivity contribution in [3.05, 3.63) is 0 Å². The third-order valence-corrected chi connectivity index (χ3v) is 6.43. The fourth-order valence-corrected chi connectivity index (χ4v) is 3.92. The van der Waals surface area contributed by atoms with E-state index >= 15 is 0 Å². The molecule has 0 aromatic heterocycles. The number of carbonyl (C=O) groups is 4. The lowest BCUT2D eigenvalue weighted by Gasteiger charge is -2.19. The van der Waals surface area contributed by atoms with Crippen LogP contribution in [0.4, 0.5) is 0 Å². The second kappa shape index (κ2) is 20.6. The number of rotatable bonds is 22. The van der Waals surface area contributed by atoms with Crippen molar-refractivity contribution in [3.8, 4) is 0 Å². The lowest BCUT2D eigenvalue weighted by molar-refractivity contribution is -0.131. The first kappa shape index (κ1) is 32.2. The predicted octanol–water partition coefficient (Wildman–Crippen LogP) is 4.19. The van der Waals surface area contributed by atoms with E-state index in [-0.39, 0.29) is 47.6 Å². The third kappa shape index (κ3) is 16.8. The van der Waals surface area contributed by atoms with Gasteiger partial charge in [-0.25, -0.2) is 0 Å². The van der Waals surface area contributed by atoms with Crippen LogP contribution in [0.25, 0.3) is 0 Å². The molecule has 34 heavy (non-hydrogen) atoms. The van der Waals surface area contributed by atoms with Crippen molar-refractivity contribution < 1.29 is 19.2 Å². The van der Waals surface area contributed by atoms with E-state index in [1.54, 1.807) is 0 Å². The van der Waals surface area contributed by atoms with Crippen molar-refractivity contribution in [2.45, 2.75) is 105 Å². The smallest absolute Gasteiger partial charge is 0.223 e. The van der Waals surface area contributed by atoms with Gasteiger partial charge in [0.05, 0.1) is 0 Å². The van der Waals surface area contributed by atoms with Gasteiger partial charge in [0.1, 0.15) is 11.6 Å². The van der Waals surface area contributed by atoms with Gasteiger partial charge in [-0.1, -0.05) is 52.9 Å². The van der Waals surface area contributed by atoms with Crippen LogP contribution in [-0.4, -0.2) is 50.1 Å². The van der Waals surface area contributed by atoms with E-state index in [0.717, 1.165) is 64.3 Å². The van der Waals surface area contributed by atoms with E-state index in [0.29, 0.717) is 25.9 Å². The summed E-state index contributed by atoms with van der Waals surface area (Å²) in [6.07, 6.45) is 9.83. The number of unbranched alkanes of at least 4 members (excludes halogenated alkanes) is 4. The van der Waals surface area contributed by atoms with Crippen molar-refractivity contribution in [2.24, 2.45) is 17.8 Å². The summed E-state index contributed by atoms with van der Waals surface area (Å²) in [4.78, 5) is 48.9. The Morgan fingerprint density at radius 2 is 1.29 bits per heavy atom. The molecule has 0 unspecified atom stereocenters. The molecule has 198 valence electrons. The lowest BCUT2D eigenvalue weighted by Crippen LogP contribution is -2.34. The minimum Gasteiger partial charge on any atom is -0.356 e. The molecule has 0 bridgehead atoms. The second-order valence-electron chi connectivity index (χ2n) is 9.79. The Hall–Kier alpha value is -1.76. The van der Waals surface area contributed by atoms with Crippen molar-refractivity contribution in [1.29, 1.82) is 0 Å². The molecule has 0 heterocycles. The Morgan fingerprint density at radius 3 is 1.94 bits per heavy atom. The van der Waals surface area contributed by atoms with E-state index in [9.17, 15) is 19.2 Å². The number of ketones is 2. The zero-order valence-electron chi connectivity index (χ0n) is 22.5. The van der Waals surface area contributed by atoms with Crippen LogP contribution in [0.1, 0.15) is 105 Å². The summed E-state index contributed by atoms with van der Waals surface area (Å²) in [5.74, 6) is -0.310. The molecule has 0 saturated carbocycles. The highest BCUT2D eigenvalue weighted by atomic mass is 16.2. The maximum atomic E-state index is 12.8. The summed E-state index contributed by atoms with van der Waals surface area (Å²) in [5.41, 5.74) is 0. The summed E-state index contributed by atoms with van der Waals surface area (Å²) >= 11 is 0. The Balaban J connectivity index is 4.56. The number of Topliss-reactive ketones (excluding diaryl/α,β-unsaturated/α-hetero) is 2. The van der Waals surface area contributed by atoms with Crippen molar-refractivity contribution in [3.63, 3.8) is 0 Å². The zero-order valence-corrected chi connectivity index (χ0v) is 22.5. The van der Waals surface area contributed by atoms with Gasteiger partial charge in [-0.3, -0.25) is 19.2 Å². The van der Waals surface area contributed by atoms with Gasteiger partial charge in [-0.2, -0.15) is 0 Å². The maximum absolute atomic E-state index is 12.8.